The molecule has 1 unspecified atom stereocenters. The number of rotatable bonds is 6. The molecule has 5 heteroatoms. The lowest BCUT2D eigenvalue weighted by Crippen LogP contribution is -2.36. The van der Waals surface area contributed by atoms with Crippen molar-refractivity contribution in [1.29, 1.82) is 0 Å². The molecule has 1 rings (SSSR count). The lowest BCUT2D eigenvalue weighted by Gasteiger charge is -2.20. The third kappa shape index (κ3) is 4.57. The first-order valence-electron chi connectivity index (χ1n) is 6.48. The summed E-state index contributed by atoms with van der Waals surface area (Å²) in [6.45, 7) is 5.56. The van der Waals surface area contributed by atoms with E-state index >= 15 is 0 Å². The van der Waals surface area contributed by atoms with Crippen LogP contribution in [0.4, 0.5) is 0 Å². The fourth-order valence-corrected chi connectivity index (χ4v) is 1.80. The molecule has 0 aliphatic heterocycles. The minimum atomic E-state index is -0.917. The Labute approximate surface area is 119 Å². The number of carboxylic acid groups (broad SMARTS) is 1. The van der Waals surface area contributed by atoms with Gasteiger partial charge in [-0.2, -0.15) is 0 Å². The number of carbonyl (C=O) groups is 2. The fraction of sp³-hybridized carbons (Fsp3) is 0.467. The number of hydrogen-bond acceptors (Lipinski definition) is 3. The number of nitrogens with zero attached hydrogens (tertiary/aromatic N) is 1. The fourth-order valence-electron chi connectivity index (χ4n) is 1.80. The van der Waals surface area contributed by atoms with Crippen LogP contribution in [0.25, 0.3) is 0 Å². The van der Waals surface area contributed by atoms with Crippen LogP contribution in [0.15, 0.2) is 18.2 Å². The van der Waals surface area contributed by atoms with E-state index in [2.05, 4.69) is 0 Å². The maximum absolute atomic E-state index is 11.9. The van der Waals surface area contributed by atoms with Crippen LogP contribution in [-0.2, 0) is 9.59 Å². The molecule has 1 aromatic carbocycles. The number of aliphatic carboxylic acids is 1. The molecule has 110 valence electrons. The third-order valence-corrected chi connectivity index (χ3v) is 3.08. The Morgan fingerprint density at radius 2 is 2.00 bits per heavy atom. The summed E-state index contributed by atoms with van der Waals surface area (Å²) in [5, 5.41) is 8.81. The predicted octanol–water partition coefficient (Wildman–Crippen LogP) is 1.86. The summed E-state index contributed by atoms with van der Waals surface area (Å²) in [5.74, 6) is -1.08. The summed E-state index contributed by atoms with van der Waals surface area (Å²) in [6.07, 6.45) is 0. The molecular weight excluding hydrogens is 258 g/mol. The van der Waals surface area contributed by atoms with Gasteiger partial charge in [0.25, 0.3) is 5.91 Å². The highest BCUT2D eigenvalue weighted by Crippen LogP contribution is 2.18. The standard InChI is InChI=1S/C15H21NO4/c1-10-5-6-13(11(2)7-10)20-9-14(17)16(4)8-12(3)15(18)19/h5-7,12H,8-9H2,1-4H3,(H,18,19). The second-order valence-electron chi connectivity index (χ2n) is 5.07. The molecule has 0 heterocycles. The van der Waals surface area contributed by atoms with E-state index in [1.54, 1.807) is 14.0 Å². The van der Waals surface area contributed by atoms with Crippen LogP contribution in [0.5, 0.6) is 5.75 Å². The van der Waals surface area contributed by atoms with E-state index < -0.39 is 11.9 Å². The molecule has 0 radical (unpaired) electrons. The zero-order valence-electron chi connectivity index (χ0n) is 12.3. The van der Waals surface area contributed by atoms with Crippen molar-refractivity contribution < 1.29 is 19.4 Å². The Morgan fingerprint density at radius 3 is 2.55 bits per heavy atom. The molecule has 5 nitrogen and oxygen atoms in total. The molecule has 1 aromatic rings. The summed E-state index contributed by atoms with van der Waals surface area (Å²) in [5.41, 5.74) is 2.10. The van der Waals surface area contributed by atoms with Crippen LogP contribution in [-0.4, -0.2) is 42.1 Å². The number of likely N-dealkylation sites (N-methyl/N-ethyl adjacent to an activating group) is 1. The molecule has 0 aliphatic carbocycles. The molecule has 1 atom stereocenters. The molecule has 0 aliphatic rings. The van der Waals surface area contributed by atoms with Crippen LogP contribution in [0.3, 0.4) is 0 Å². The summed E-state index contributed by atoms with van der Waals surface area (Å²) >= 11 is 0. The van der Waals surface area contributed by atoms with Gasteiger partial charge in [-0.25, -0.2) is 0 Å². The van der Waals surface area contributed by atoms with Gasteiger partial charge in [-0.1, -0.05) is 24.6 Å². The smallest absolute Gasteiger partial charge is 0.308 e. The maximum Gasteiger partial charge on any atom is 0.308 e. The Kier molecular flexibility index (Phi) is 5.55. The number of carbonyl (C=O) groups excluding carboxylic acids is 1. The van der Waals surface area contributed by atoms with Crippen molar-refractivity contribution in [1.82, 2.24) is 4.90 Å². The van der Waals surface area contributed by atoms with Gasteiger partial charge in [0.15, 0.2) is 6.61 Å². The molecule has 1 amide bonds. The molecule has 0 spiro atoms. The van der Waals surface area contributed by atoms with E-state index in [4.69, 9.17) is 9.84 Å². The normalized spacial score (nSPS) is 11.8. The van der Waals surface area contributed by atoms with Crippen molar-refractivity contribution >= 4 is 11.9 Å². The molecule has 0 saturated heterocycles. The number of hydrogen-bond donors (Lipinski definition) is 1. The third-order valence-electron chi connectivity index (χ3n) is 3.08. The second-order valence-corrected chi connectivity index (χ2v) is 5.07. The van der Waals surface area contributed by atoms with Crippen molar-refractivity contribution in [2.24, 2.45) is 5.92 Å². The predicted molar refractivity (Wildman–Crippen MR) is 75.8 cm³/mol. The van der Waals surface area contributed by atoms with Crippen molar-refractivity contribution in [3.63, 3.8) is 0 Å². The van der Waals surface area contributed by atoms with E-state index in [9.17, 15) is 9.59 Å². The number of carboxylic acids is 1. The van der Waals surface area contributed by atoms with Crippen LogP contribution in [0, 0.1) is 19.8 Å². The van der Waals surface area contributed by atoms with Gasteiger partial charge in [0.05, 0.1) is 5.92 Å². The van der Waals surface area contributed by atoms with Gasteiger partial charge >= 0.3 is 5.97 Å². The Balaban J connectivity index is 2.52. The summed E-state index contributed by atoms with van der Waals surface area (Å²) in [4.78, 5) is 24.0. The van der Waals surface area contributed by atoms with Gasteiger partial charge in [-0.3, -0.25) is 9.59 Å². The van der Waals surface area contributed by atoms with E-state index in [0.717, 1.165) is 11.1 Å². The number of aryl methyl sites for hydroxylation is 2. The molecule has 0 saturated carbocycles. The molecular formula is C15H21NO4. The molecule has 1 N–H and O–H groups in total. The Hall–Kier alpha value is -2.04. The number of benzene rings is 1. The topological polar surface area (TPSA) is 66.8 Å². The van der Waals surface area contributed by atoms with Crippen LogP contribution >= 0.6 is 0 Å². The van der Waals surface area contributed by atoms with Crippen LogP contribution < -0.4 is 4.74 Å². The van der Waals surface area contributed by atoms with Crippen molar-refractivity contribution in [2.75, 3.05) is 20.2 Å². The first kappa shape index (κ1) is 16.0. The highest BCUT2D eigenvalue weighted by Gasteiger charge is 2.17. The highest BCUT2D eigenvalue weighted by molar-refractivity contribution is 5.78. The lowest BCUT2D eigenvalue weighted by atomic mass is 10.1. The van der Waals surface area contributed by atoms with E-state index in [1.807, 2.05) is 32.0 Å². The number of amides is 1. The Bertz CT molecular complexity index is 499. The van der Waals surface area contributed by atoms with Crippen molar-refractivity contribution in [3.05, 3.63) is 29.3 Å². The van der Waals surface area contributed by atoms with Crippen molar-refractivity contribution in [2.45, 2.75) is 20.8 Å². The Morgan fingerprint density at radius 1 is 1.35 bits per heavy atom. The van der Waals surface area contributed by atoms with Gasteiger partial charge < -0.3 is 14.7 Å². The van der Waals surface area contributed by atoms with Gasteiger partial charge in [0.1, 0.15) is 5.75 Å². The lowest BCUT2D eigenvalue weighted by molar-refractivity contribution is -0.143. The van der Waals surface area contributed by atoms with E-state index in [1.165, 1.54) is 4.90 Å². The molecule has 20 heavy (non-hydrogen) atoms. The molecule has 0 fully saturated rings. The first-order chi connectivity index (χ1) is 9.31. The maximum atomic E-state index is 11.9. The minimum absolute atomic E-state index is 0.0905. The van der Waals surface area contributed by atoms with E-state index in [-0.39, 0.29) is 19.1 Å². The second kappa shape index (κ2) is 6.93. The average molecular weight is 279 g/mol. The number of ether oxygens (including phenoxy) is 1. The van der Waals surface area contributed by atoms with E-state index in [0.29, 0.717) is 5.75 Å². The monoisotopic (exact) mass is 279 g/mol. The van der Waals surface area contributed by atoms with Crippen LogP contribution in [0.1, 0.15) is 18.1 Å². The van der Waals surface area contributed by atoms with Gasteiger partial charge in [0.2, 0.25) is 0 Å². The van der Waals surface area contributed by atoms with Gasteiger partial charge in [-0.05, 0) is 25.5 Å². The zero-order chi connectivity index (χ0) is 15.3. The molecule has 0 aromatic heterocycles. The zero-order valence-corrected chi connectivity index (χ0v) is 12.3. The summed E-state index contributed by atoms with van der Waals surface area (Å²) < 4.78 is 5.48. The minimum Gasteiger partial charge on any atom is -0.484 e. The van der Waals surface area contributed by atoms with Crippen molar-refractivity contribution in [3.8, 4) is 5.75 Å². The largest absolute Gasteiger partial charge is 0.484 e. The first-order valence-corrected chi connectivity index (χ1v) is 6.48. The quantitative estimate of drug-likeness (QED) is 0.863. The SMILES string of the molecule is Cc1ccc(OCC(=O)N(C)CC(C)C(=O)O)c(C)c1. The molecule has 0 bridgehead atoms. The highest BCUT2D eigenvalue weighted by atomic mass is 16.5. The van der Waals surface area contributed by atoms with Crippen LogP contribution in [0.2, 0.25) is 0 Å². The summed E-state index contributed by atoms with van der Waals surface area (Å²) in [7, 11) is 1.58. The summed E-state index contributed by atoms with van der Waals surface area (Å²) in [6, 6.07) is 5.73. The average Bonchev–Trinajstić information content (AvgIpc) is 2.37. The van der Waals surface area contributed by atoms with Gasteiger partial charge in [0, 0.05) is 13.6 Å². The van der Waals surface area contributed by atoms with Gasteiger partial charge in [-0.15, -0.1) is 0 Å².